The number of fused-ring (bicyclic) bond motifs is 3. The van der Waals surface area contributed by atoms with Crippen molar-refractivity contribution in [1.29, 1.82) is 0 Å². The van der Waals surface area contributed by atoms with E-state index in [4.69, 9.17) is 30.2 Å². The summed E-state index contributed by atoms with van der Waals surface area (Å²) in [6, 6.07) is -15.4. The van der Waals surface area contributed by atoms with E-state index in [9.17, 15) is 4.79 Å². The molecule has 0 aliphatic carbocycles. The fraction of sp³-hybridized carbons (Fsp3) is 0.579. The molecule has 4 unspecified atom stereocenters. The molecule has 2 aromatic rings. The van der Waals surface area contributed by atoms with E-state index < -0.39 is 115 Å². The van der Waals surface area contributed by atoms with Gasteiger partial charge in [0.15, 0.2) is 7.11 Å². The van der Waals surface area contributed by atoms with Gasteiger partial charge in [0.25, 0.3) is 5.91 Å². The smallest absolute Gasteiger partial charge is 0.272 e. The van der Waals surface area contributed by atoms with Crippen molar-refractivity contribution >= 4 is 16.8 Å². The Labute approximate surface area is 174 Å². The molecule has 1 aromatic heterocycles. The van der Waals surface area contributed by atoms with Gasteiger partial charge in [0, 0.05) is 52.4 Å². The SMILES string of the molecule is [2H]c1c([2H])c([2H])c2c(c(C(=O)N([2H])C3([2H])C([2H])([2H])C4N(C([2H])([2H])[2H])C([2H])(C3([2H])[2H])C([2H])(C)C([2H])([2H])C4([2H])[2H])nn2C([2H])([2H])[2H])c1[2H]. The summed E-state index contributed by atoms with van der Waals surface area (Å²) in [6.45, 7) is -6.70. The maximum Gasteiger partial charge on any atom is 0.272 e. The zero-order valence-corrected chi connectivity index (χ0v) is 12.3. The third-order valence-electron chi connectivity index (χ3n) is 3.49. The number of hydrogen-bond donors (Lipinski definition) is 1. The molecule has 3 heterocycles. The summed E-state index contributed by atoms with van der Waals surface area (Å²) < 4.78 is 184. The third kappa shape index (κ3) is 2.51. The van der Waals surface area contributed by atoms with Crippen molar-refractivity contribution in [1.82, 2.24) is 20.0 Å². The second kappa shape index (κ2) is 5.88. The largest absolute Gasteiger partial charge is 0.348 e. The highest BCUT2D eigenvalue weighted by atomic mass is 16.2. The summed E-state index contributed by atoms with van der Waals surface area (Å²) >= 11 is 0. The molecule has 0 radical (unpaired) electrons. The van der Waals surface area contributed by atoms with Gasteiger partial charge in [-0.3, -0.25) is 9.48 Å². The van der Waals surface area contributed by atoms with Crippen molar-refractivity contribution in [2.75, 3.05) is 6.98 Å². The maximum absolute atomic E-state index is 14.0. The fourth-order valence-corrected chi connectivity index (χ4v) is 2.34. The molecule has 2 aliphatic rings. The summed E-state index contributed by atoms with van der Waals surface area (Å²) in [4.78, 5) is 13.6. The van der Waals surface area contributed by atoms with E-state index in [-0.39, 0.29) is 9.58 Å². The number of aryl methyl sites for hydroxylation is 1. The van der Waals surface area contributed by atoms with Crippen LogP contribution in [0.4, 0.5) is 0 Å². The predicted molar refractivity (Wildman–Crippen MR) is 94.9 cm³/mol. The average molecular weight is 349 g/mol. The monoisotopic (exact) mass is 348 g/mol. The Morgan fingerprint density at radius 1 is 1.46 bits per heavy atom. The van der Waals surface area contributed by atoms with Gasteiger partial charge in [-0.05, 0) is 44.4 Å². The number of para-hydroxylation sites is 1. The Kier molecular flexibility index (Phi) is 1.09. The number of aromatic nitrogens is 2. The van der Waals surface area contributed by atoms with Crippen LogP contribution in [0.3, 0.4) is 0 Å². The summed E-state index contributed by atoms with van der Waals surface area (Å²) in [7, 11) is 0. The van der Waals surface area contributed by atoms with Crippen LogP contribution in [0.25, 0.3) is 10.9 Å². The van der Waals surface area contributed by atoms with E-state index >= 15 is 0 Å². The average Bonchev–Trinajstić information content (AvgIpc) is 3.30. The van der Waals surface area contributed by atoms with Gasteiger partial charge >= 0.3 is 0 Å². The molecule has 2 fully saturated rings. The van der Waals surface area contributed by atoms with E-state index in [1.165, 1.54) is 0 Å². The lowest BCUT2D eigenvalue weighted by molar-refractivity contribution is 0.0148. The molecule has 1 aromatic carbocycles. The van der Waals surface area contributed by atoms with Crippen LogP contribution >= 0.6 is 0 Å². The van der Waals surface area contributed by atoms with Gasteiger partial charge in [-0.1, -0.05) is 25.1 Å². The molecule has 4 rings (SSSR count). The Hall–Kier alpha value is -1.88. The van der Waals surface area contributed by atoms with E-state index in [2.05, 4.69) is 5.10 Å². The highest BCUT2D eigenvalue weighted by Crippen LogP contribution is 2.36. The van der Waals surface area contributed by atoms with Crippen LogP contribution in [-0.4, -0.2) is 45.6 Å². The number of hydrogen-bond acceptors (Lipinski definition) is 3. The zero-order chi connectivity index (χ0) is 36.1. The molecule has 2 saturated heterocycles. The fourth-order valence-electron chi connectivity index (χ4n) is 2.34. The Morgan fingerprint density at radius 3 is 3.17 bits per heavy atom. The van der Waals surface area contributed by atoms with Gasteiger partial charge in [-0.2, -0.15) is 5.10 Å². The lowest BCUT2D eigenvalue weighted by atomic mass is 9.77. The lowest BCUT2D eigenvalue weighted by Crippen LogP contribution is -2.57. The molecular formula is C19H26N4O. The van der Waals surface area contributed by atoms with Gasteiger partial charge in [-0.25, -0.2) is 0 Å². The van der Waals surface area contributed by atoms with Crippen molar-refractivity contribution < 1.29 is 35.0 Å². The molecule has 128 valence electrons. The highest BCUT2D eigenvalue weighted by Gasteiger charge is 2.40. The first-order valence-corrected chi connectivity index (χ1v) is 6.80. The molecule has 5 heteroatoms. The van der Waals surface area contributed by atoms with Crippen molar-refractivity contribution in [3.05, 3.63) is 29.9 Å². The number of rotatable bonds is 2. The van der Waals surface area contributed by atoms with Crippen LogP contribution in [0.5, 0.6) is 0 Å². The van der Waals surface area contributed by atoms with Crippen LogP contribution in [-0.2, 0) is 6.98 Å². The Bertz CT molecular complexity index is 1640. The minimum Gasteiger partial charge on any atom is -0.348 e. The zero-order valence-electron chi connectivity index (χ0n) is 34.3. The number of nitrogens with zero attached hydrogens (tertiary/aromatic N) is 3. The van der Waals surface area contributed by atoms with Gasteiger partial charge in [0.2, 0.25) is 0 Å². The molecule has 2 bridgehead atoms. The number of piperidine rings is 2. The first-order valence-electron chi connectivity index (χ1n) is 17.8. The molecule has 2 aliphatic heterocycles. The van der Waals surface area contributed by atoms with E-state index in [1.54, 1.807) is 0 Å². The summed E-state index contributed by atoms with van der Waals surface area (Å²) in [5, 5.41) is 1.78. The van der Waals surface area contributed by atoms with Crippen molar-refractivity contribution in [3.63, 3.8) is 0 Å². The van der Waals surface area contributed by atoms with Gasteiger partial charge in [0.1, 0.15) is 0 Å². The quantitative estimate of drug-likeness (QED) is 0.907. The molecule has 5 nitrogen and oxygen atoms in total. The third-order valence-corrected chi connectivity index (χ3v) is 3.49. The van der Waals surface area contributed by atoms with Crippen molar-refractivity contribution in [2.24, 2.45) is 12.9 Å². The molecule has 1 amide bonds. The number of benzene rings is 1. The molecule has 4 atom stereocenters. The van der Waals surface area contributed by atoms with Crippen molar-refractivity contribution in [2.45, 2.75) is 50.5 Å². The lowest BCUT2D eigenvalue weighted by Gasteiger charge is -2.50. The first-order chi connectivity index (χ1) is 20.2. The highest BCUT2D eigenvalue weighted by molar-refractivity contribution is 6.04. The molecule has 0 spiro atoms. The van der Waals surface area contributed by atoms with Gasteiger partial charge in [-0.15, -0.1) is 0 Å². The Morgan fingerprint density at radius 2 is 2.33 bits per heavy atom. The second-order valence-corrected chi connectivity index (χ2v) is 5.03. The van der Waals surface area contributed by atoms with E-state index in [1.807, 2.05) is 0 Å². The topological polar surface area (TPSA) is 50.2 Å². The van der Waals surface area contributed by atoms with Gasteiger partial charge in [0.05, 0.1) is 12.4 Å². The molecular weight excluding hydrogens is 300 g/mol. The standard InChI is InChI=1S/C19H26N4O/c1-12-8-9-14-10-13(11-17(12)22(14)2)20-19(24)18-15-6-4-5-7-16(15)23(3)21-18/h4-7,12-14,17H,8-11H2,1-3H3,(H,20,24)/i2D3,3D3,4D,5D,6D,7D,8D2,9D2,10D2,11D2,12D,13D,17D/hD. The summed E-state index contributed by atoms with van der Waals surface area (Å²) in [5.41, 5.74) is -2.21. The number of carbonyl (C=O) groups is 1. The van der Waals surface area contributed by atoms with E-state index in [0.717, 1.165) is 0 Å². The van der Waals surface area contributed by atoms with Crippen LogP contribution in [0.15, 0.2) is 24.2 Å². The number of nitrogens with one attached hydrogen (secondary N) is 1. The van der Waals surface area contributed by atoms with Gasteiger partial charge < -0.3 is 10.2 Å². The number of amides is 1. The summed E-state index contributed by atoms with van der Waals surface area (Å²) in [5.74, 6) is -5.60. The first kappa shape index (κ1) is 4.44. The van der Waals surface area contributed by atoms with Crippen LogP contribution in [0.2, 0.25) is 1.41 Å². The summed E-state index contributed by atoms with van der Waals surface area (Å²) in [6.07, 6.45) is -16.0. The predicted octanol–water partition coefficient (Wildman–Crippen LogP) is 2.56. The minimum atomic E-state index is -4.28. The molecule has 1 N–H and O–H groups in total. The van der Waals surface area contributed by atoms with Crippen molar-refractivity contribution in [3.8, 4) is 0 Å². The minimum absolute atomic E-state index is 0.0210. The van der Waals surface area contributed by atoms with Crippen LogP contribution in [0, 0.1) is 5.89 Å². The number of carbonyl (C=O) groups excluding carboxylic acids is 1. The molecule has 0 saturated carbocycles. The normalized spacial score (nSPS) is 62.5. The maximum atomic E-state index is 14.0. The second-order valence-electron chi connectivity index (χ2n) is 5.03. The molecule has 24 heavy (non-hydrogen) atoms. The Balaban J connectivity index is 2.13. The van der Waals surface area contributed by atoms with Crippen LogP contribution in [0.1, 0.15) is 71.7 Å². The van der Waals surface area contributed by atoms with E-state index in [0.29, 0.717) is 6.92 Å². The van der Waals surface area contributed by atoms with Crippen LogP contribution < -0.4 is 5.31 Å².